The molecular formula is C34H38N2O4. The van der Waals surface area contributed by atoms with Crippen molar-refractivity contribution in [3.05, 3.63) is 95.1 Å². The molecule has 208 valence electrons. The Morgan fingerprint density at radius 3 is 1.45 bits per heavy atom. The van der Waals surface area contributed by atoms with E-state index in [-0.39, 0.29) is 0 Å². The summed E-state index contributed by atoms with van der Waals surface area (Å²) in [5.41, 5.74) is 5.54. The molecule has 6 rings (SSSR count). The van der Waals surface area contributed by atoms with Crippen LogP contribution < -0.4 is 0 Å². The zero-order chi connectivity index (χ0) is 28.1. The largest absolute Gasteiger partial charge is 0.437 e. The third-order valence-corrected chi connectivity index (χ3v) is 9.43. The summed E-state index contributed by atoms with van der Waals surface area (Å²) >= 11 is 0. The lowest BCUT2D eigenvalue weighted by atomic mass is 9.93. The summed E-state index contributed by atoms with van der Waals surface area (Å²) in [6.45, 7) is 4.15. The van der Waals surface area contributed by atoms with Crippen molar-refractivity contribution in [2.45, 2.75) is 75.9 Å². The molecule has 0 spiro atoms. The van der Waals surface area contributed by atoms with Gasteiger partial charge in [-0.05, 0) is 88.1 Å². The number of carbonyl (C=O) groups excluding carboxylic acids is 2. The van der Waals surface area contributed by atoms with Crippen LogP contribution in [0.15, 0.2) is 72.8 Å². The number of hydrogen-bond acceptors (Lipinski definition) is 6. The molecule has 2 saturated heterocycles. The second-order valence-corrected chi connectivity index (χ2v) is 12.0. The van der Waals surface area contributed by atoms with Crippen molar-refractivity contribution < 1.29 is 19.1 Å². The molecule has 4 aliphatic rings. The molecule has 0 aromatic heterocycles. The standard InChI is InChI=1S/C34H38N2O4/c1-23-5-9-25(10-6-23)27-19-29-15-17-33(21-27,35(29)3)39-31(37)13-14-32(38)40-34-18-16-30(36(34)4)20-28(22-34)26-11-7-24(2)8-12-26/h5-14,21-22,29-30H,15-20H2,1-4H3/b14-13+. The number of benzene rings is 2. The summed E-state index contributed by atoms with van der Waals surface area (Å²) in [4.78, 5) is 30.3. The summed E-state index contributed by atoms with van der Waals surface area (Å²) < 4.78 is 12.1. The molecular weight excluding hydrogens is 500 g/mol. The lowest BCUT2D eigenvalue weighted by Gasteiger charge is -2.40. The molecule has 0 aliphatic carbocycles. The number of esters is 2. The van der Waals surface area contributed by atoms with E-state index >= 15 is 0 Å². The van der Waals surface area contributed by atoms with Gasteiger partial charge in [0.2, 0.25) is 0 Å². The van der Waals surface area contributed by atoms with Crippen molar-refractivity contribution in [2.75, 3.05) is 14.1 Å². The van der Waals surface area contributed by atoms with E-state index in [9.17, 15) is 9.59 Å². The van der Waals surface area contributed by atoms with Gasteiger partial charge in [-0.15, -0.1) is 0 Å². The van der Waals surface area contributed by atoms with Gasteiger partial charge in [0.1, 0.15) is 0 Å². The van der Waals surface area contributed by atoms with E-state index in [4.69, 9.17) is 9.47 Å². The van der Waals surface area contributed by atoms with Gasteiger partial charge in [0.05, 0.1) is 0 Å². The van der Waals surface area contributed by atoms with Crippen LogP contribution in [0.2, 0.25) is 0 Å². The number of aryl methyl sites for hydroxylation is 2. The molecule has 4 aliphatic heterocycles. The highest BCUT2D eigenvalue weighted by Crippen LogP contribution is 2.46. The van der Waals surface area contributed by atoms with Gasteiger partial charge >= 0.3 is 11.9 Å². The van der Waals surface area contributed by atoms with Crippen LogP contribution >= 0.6 is 0 Å². The highest BCUT2D eigenvalue weighted by molar-refractivity contribution is 5.92. The van der Waals surface area contributed by atoms with Crippen LogP contribution in [-0.2, 0) is 19.1 Å². The van der Waals surface area contributed by atoms with Crippen LogP contribution in [0.5, 0.6) is 0 Å². The van der Waals surface area contributed by atoms with Gasteiger partial charge in [-0.25, -0.2) is 9.59 Å². The van der Waals surface area contributed by atoms with Gasteiger partial charge in [-0.3, -0.25) is 9.80 Å². The highest BCUT2D eigenvalue weighted by Gasteiger charge is 2.50. The van der Waals surface area contributed by atoms with E-state index in [0.717, 1.165) is 49.7 Å². The fourth-order valence-electron chi connectivity index (χ4n) is 6.90. The first-order valence-corrected chi connectivity index (χ1v) is 14.3. The molecule has 40 heavy (non-hydrogen) atoms. The maximum Gasteiger partial charge on any atom is 0.333 e. The normalized spacial score (nSPS) is 29.8. The van der Waals surface area contributed by atoms with E-state index in [0.29, 0.717) is 12.1 Å². The lowest BCUT2D eigenvalue weighted by molar-refractivity contribution is -0.165. The molecule has 6 nitrogen and oxygen atoms in total. The van der Waals surface area contributed by atoms with Gasteiger partial charge in [0, 0.05) is 37.1 Å². The van der Waals surface area contributed by atoms with Crippen molar-refractivity contribution in [1.82, 2.24) is 9.80 Å². The minimum atomic E-state index is -0.804. The molecule has 0 amide bonds. The molecule has 4 heterocycles. The van der Waals surface area contributed by atoms with Crippen LogP contribution in [0, 0.1) is 13.8 Å². The van der Waals surface area contributed by atoms with Gasteiger partial charge in [0.15, 0.2) is 11.4 Å². The van der Waals surface area contributed by atoms with E-state index in [1.165, 1.54) is 34.4 Å². The Morgan fingerprint density at radius 1 is 0.700 bits per heavy atom. The SMILES string of the molecule is Cc1ccc(C2=CC3(OC(=O)/C=C/C(=O)OC45C=C(c6ccc(C)cc6)CC(CC4)N5C)CCC(C2)N3C)cc1. The molecule has 2 aromatic carbocycles. The third kappa shape index (κ3) is 4.84. The van der Waals surface area contributed by atoms with Gasteiger partial charge < -0.3 is 9.47 Å². The van der Waals surface area contributed by atoms with E-state index < -0.39 is 23.4 Å². The van der Waals surface area contributed by atoms with Gasteiger partial charge in [-0.1, -0.05) is 59.7 Å². The third-order valence-electron chi connectivity index (χ3n) is 9.43. The number of hydrogen-bond donors (Lipinski definition) is 0. The average Bonchev–Trinajstić information content (AvgIpc) is 3.20. The lowest BCUT2D eigenvalue weighted by Crippen LogP contribution is -2.49. The first-order chi connectivity index (χ1) is 19.2. The van der Waals surface area contributed by atoms with Crippen molar-refractivity contribution in [3.8, 4) is 0 Å². The maximum atomic E-state index is 13.0. The van der Waals surface area contributed by atoms with Crippen LogP contribution in [0.4, 0.5) is 0 Å². The number of rotatable bonds is 6. The fourth-order valence-corrected chi connectivity index (χ4v) is 6.90. The zero-order valence-corrected chi connectivity index (χ0v) is 23.9. The Labute approximate surface area is 236 Å². The second kappa shape index (κ2) is 10.2. The number of fused-ring (bicyclic) bond motifs is 4. The molecule has 4 unspecified atom stereocenters. The fraction of sp³-hybridized carbons (Fsp3) is 0.412. The van der Waals surface area contributed by atoms with Crippen LogP contribution in [-0.4, -0.2) is 59.4 Å². The second-order valence-electron chi connectivity index (χ2n) is 12.0. The summed E-state index contributed by atoms with van der Waals surface area (Å²) in [5, 5.41) is 0. The zero-order valence-electron chi connectivity index (χ0n) is 23.9. The van der Waals surface area contributed by atoms with Crippen molar-refractivity contribution in [3.63, 3.8) is 0 Å². The number of ether oxygens (including phenoxy) is 2. The molecule has 4 bridgehead atoms. The molecule has 0 N–H and O–H groups in total. The van der Waals surface area contributed by atoms with Crippen LogP contribution in [0.1, 0.15) is 60.8 Å². The monoisotopic (exact) mass is 538 g/mol. The average molecular weight is 539 g/mol. The molecule has 0 radical (unpaired) electrons. The Morgan fingerprint density at radius 2 is 1.07 bits per heavy atom. The number of likely N-dealkylation sites (N-methyl/N-ethyl adjacent to an activating group) is 2. The first-order valence-electron chi connectivity index (χ1n) is 14.3. The van der Waals surface area contributed by atoms with Crippen LogP contribution in [0.3, 0.4) is 0 Å². The summed E-state index contributed by atoms with van der Waals surface area (Å²) in [7, 11) is 4.02. The van der Waals surface area contributed by atoms with Crippen molar-refractivity contribution in [1.29, 1.82) is 0 Å². The van der Waals surface area contributed by atoms with Gasteiger partial charge in [-0.2, -0.15) is 0 Å². The molecule has 6 heteroatoms. The molecule has 2 aromatic rings. The Kier molecular flexibility index (Phi) is 6.79. The molecule has 0 saturated carbocycles. The van der Waals surface area contributed by atoms with Gasteiger partial charge in [0.25, 0.3) is 0 Å². The van der Waals surface area contributed by atoms with E-state index in [2.05, 4.69) is 84.3 Å². The van der Waals surface area contributed by atoms with Crippen LogP contribution in [0.25, 0.3) is 11.1 Å². The predicted octanol–water partition coefficient (Wildman–Crippen LogP) is 5.80. The smallest absolute Gasteiger partial charge is 0.333 e. The summed E-state index contributed by atoms with van der Waals surface area (Å²) in [6, 6.07) is 17.6. The topological polar surface area (TPSA) is 59.1 Å². The molecule has 4 atom stereocenters. The Bertz CT molecular complexity index is 1300. The Balaban J connectivity index is 1.16. The minimum Gasteiger partial charge on any atom is -0.437 e. The summed E-state index contributed by atoms with van der Waals surface area (Å²) in [6.07, 6.45) is 11.8. The predicted molar refractivity (Wildman–Crippen MR) is 156 cm³/mol. The maximum absolute atomic E-state index is 13.0. The number of carbonyl (C=O) groups is 2. The molecule has 2 fully saturated rings. The van der Waals surface area contributed by atoms with E-state index in [1.54, 1.807) is 0 Å². The number of nitrogens with zero attached hydrogens (tertiary/aromatic N) is 2. The quantitative estimate of drug-likeness (QED) is 0.342. The highest BCUT2D eigenvalue weighted by atomic mass is 16.6. The van der Waals surface area contributed by atoms with Crippen molar-refractivity contribution in [2.24, 2.45) is 0 Å². The minimum absolute atomic E-state index is 0.314. The Hall–Kier alpha value is -3.48. The first kappa shape index (κ1) is 26.7. The van der Waals surface area contributed by atoms with E-state index in [1.807, 2.05) is 14.1 Å². The summed E-state index contributed by atoms with van der Waals surface area (Å²) in [5.74, 6) is -1.08. The van der Waals surface area contributed by atoms with Crippen molar-refractivity contribution >= 4 is 23.1 Å².